The molecule has 32 heavy (non-hydrogen) atoms. The van der Waals surface area contributed by atoms with Crippen LogP contribution in [0.25, 0.3) is 0 Å². The second kappa shape index (κ2) is 8.64. The molecule has 1 unspecified atom stereocenters. The monoisotopic (exact) mass is 458 g/mol. The molecule has 2 aromatic rings. The summed E-state index contributed by atoms with van der Waals surface area (Å²) in [5.41, 5.74) is 2.58. The highest BCUT2D eigenvalue weighted by atomic mass is 35.5. The van der Waals surface area contributed by atoms with Crippen molar-refractivity contribution in [1.82, 2.24) is 9.88 Å². The zero-order chi connectivity index (χ0) is 22.4. The number of pyridine rings is 1. The van der Waals surface area contributed by atoms with Crippen LogP contribution in [0.2, 0.25) is 5.02 Å². The SMILES string of the molecule is C[C@H](c1ccc(Cl)c(C2CC2)n1)N1CCCC(Oc2cc(F)c(C(=O)O)cc2C2CC2)C1. The number of piperidine rings is 1. The van der Waals surface area contributed by atoms with E-state index in [-0.39, 0.29) is 23.6 Å². The maximum absolute atomic E-state index is 14.4. The van der Waals surface area contributed by atoms with Crippen LogP contribution >= 0.6 is 11.6 Å². The van der Waals surface area contributed by atoms with Gasteiger partial charge in [0.15, 0.2) is 0 Å². The van der Waals surface area contributed by atoms with E-state index in [1.54, 1.807) is 0 Å². The van der Waals surface area contributed by atoms with Gasteiger partial charge in [0.25, 0.3) is 0 Å². The smallest absolute Gasteiger partial charge is 0.338 e. The van der Waals surface area contributed by atoms with Crippen LogP contribution in [0.1, 0.15) is 90.6 Å². The van der Waals surface area contributed by atoms with Crippen LogP contribution in [0, 0.1) is 5.82 Å². The Labute approximate surface area is 192 Å². The second-order valence-corrected chi connectivity index (χ2v) is 9.79. The number of ether oxygens (including phenoxy) is 1. The zero-order valence-corrected chi connectivity index (χ0v) is 18.9. The molecule has 2 aliphatic carbocycles. The van der Waals surface area contributed by atoms with Crippen LogP contribution in [-0.2, 0) is 0 Å². The first-order valence-corrected chi connectivity index (χ1v) is 11.9. The van der Waals surface area contributed by atoms with E-state index in [1.807, 2.05) is 12.1 Å². The Morgan fingerprint density at radius 3 is 2.66 bits per heavy atom. The molecule has 1 aliphatic heterocycles. The Morgan fingerprint density at radius 1 is 1.22 bits per heavy atom. The van der Waals surface area contributed by atoms with Crippen molar-refractivity contribution in [3.05, 3.63) is 57.6 Å². The van der Waals surface area contributed by atoms with Gasteiger partial charge >= 0.3 is 5.97 Å². The van der Waals surface area contributed by atoms with Gasteiger partial charge in [-0.1, -0.05) is 11.6 Å². The van der Waals surface area contributed by atoms with Gasteiger partial charge in [-0.25, -0.2) is 9.18 Å². The summed E-state index contributed by atoms with van der Waals surface area (Å²) < 4.78 is 20.7. The number of carboxylic acid groups (broad SMARTS) is 1. The topological polar surface area (TPSA) is 62.7 Å². The van der Waals surface area contributed by atoms with E-state index in [0.717, 1.165) is 73.6 Å². The van der Waals surface area contributed by atoms with Crippen molar-refractivity contribution in [2.75, 3.05) is 13.1 Å². The van der Waals surface area contributed by atoms with Crippen molar-refractivity contribution < 1.29 is 19.0 Å². The quantitative estimate of drug-likeness (QED) is 0.557. The third-order valence-electron chi connectivity index (χ3n) is 6.88. The number of carboxylic acids is 1. The average Bonchev–Trinajstić information content (AvgIpc) is 3.67. The van der Waals surface area contributed by atoms with Crippen LogP contribution in [0.3, 0.4) is 0 Å². The third-order valence-corrected chi connectivity index (χ3v) is 7.20. The molecule has 2 saturated carbocycles. The summed E-state index contributed by atoms with van der Waals surface area (Å²) in [7, 11) is 0. The third kappa shape index (κ3) is 4.48. The summed E-state index contributed by atoms with van der Waals surface area (Å²) in [6, 6.07) is 6.83. The summed E-state index contributed by atoms with van der Waals surface area (Å²) in [5, 5.41) is 10.0. The highest BCUT2D eigenvalue weighted by Crippen LogP contribution is 2.46. The Bertz CT molecular complexity index is 1040. The fourth-order valence-corrected chi connectivity index (χ4v) is 4.94. The lowest BCUT2D eigenvalue weighted by atomic mass is 10.0. The number of nitrogens with zero attached hydrogens (tertiary/aromatic N) is 2. The number of aromatic nitrogens is 1. The molecule has 1 aromatic heterocycles. The molecule has 3 fully saturated rings. The number of rotatable bonds is 7. The van der Waals surface area contributed by atoms with Gasteiger partial charge in [0, 0.05) is 24.6 Å². The van der Waals surface area contributed by atoms with Gasteiger partial charge in [0.05, 0.1) is 22.0 Å². The maximum Gasteiger partial charge on any atom is 0.338 e. The predicted octanol–water partition coefficient (Wildman–Crippen LogP) is 5.93. The van der Waals surface area contributed by atoms with Gasteiger partial charge in [-0.15, -0.1) is 0 Å². The molecule has 1 N–H and O–H groups in total. The van der Waals surface area contributed by atoms with E-state index in [2.05, 4.69) is 11.8 Å². The molecule has 0 amide bonds. The van der Waals surface area contributed by atoms with Crippen molar-refractivity contribution in [1.29, 1.82) is 0 Å². The van der Waals surface area contributed by atoms with Gasteiger partial charge < -0.3 is 9.84 Å². The number of likely N-dealkylation sites (tertiary alicyclic amines) is 1. The molecule has 170 valence electrons. The molecule has 1 saturated heterocycles. The number of hydrogen-bond donors (Lipinski definition) is 1. The summed E-state index contributed by atoms with van der Waals surface area (Å²) in [5.74, 6) is -0.723. The number of aromatic carboxylic acids is 1. The summed E-state index contributed by atoms with van der Waals surface area (Å²) in [6.45, 7) is 3.83. The van der Waals surface area contributed by atoms with E-state index >= 15 is 0 Å². The van der Waals surface area contributed by atoms with Crippen LogP contribution in [0.15, 0.2) is 24.3 Å². The molecule has 0 radical (unpaired) electrons. The molecule has 3 aliphatic rings. The van der Waals surface area contributed by atoms with Gasteiger partial charge in [-0.3, -0.25) is 9.88 Å². The number of hydrogen-bond acceptors (Lipinski definition) is 4. The normalized spacial score (nSPS) is 22.5. The molecule has 0 spiro atoms. The second-order valence-electron chi connectivity index (χ2n) is 9.38. The fourth-order valence-electron chi connectivity index (χ4n) is 4.68. The minimum Gasteiger partial charge on any atom is -0.489 e. The highest BCUT2D eigenvalue weighted by molar-refractivity contribution is 6.31. The first kappa shape index (κ1) is 21.7. The van der Waals surface area contributed by atoms with Crippen LogP contribution in [0.4, 0.5) is 4.39 Å². The first-order valence-electron chi connectivity index (χ1n) is 11.5. The van der Waals surface area contributed by atoms with Gasteiger partial charge in [0.2, 0.25) is 0 Å². The number of benzene rings is 1. The maximum atomic E-state index is 14.4. The molecule has 0 bridgehead atoms. The molecule has 2 heterocycles. The lowest BCUT2D eigenvalue weighted by Crippen LogP contribution is -2.42. The van der Waals surface area contributed by atoms with Crippen molar-refractivity contribution in [3.8, 4) is 5.75 Å². The van der Waals surface area contributed by atoms with E-state index in [0.29, 0.717) is 11.7 Å². The van der Waals surface area contributed by atoms with Crippen molar-refractivity contribution in [3.63, 3.8) is 0 Å². The first-order chi connectivity index (χ1) is 15.4. The van der Waals surface area contributed by atoms with E-state index in [9.17, 15) is 14.3 Å². The highest BCUT2D eigenvalue weighted by Gasteiger charge is 2.33. The molecule has 2 atom stereocenters. The lowest BCUT2D eigenvalue weighted by molar-refractivity contribution is 0.0636. The summed E-state index contributed by atoms with van der Waals surface area (Å²) in [6.07, 6.45) is 6.08. The van der Waals surface area contributed by atoms with Gasteiger partial charge in [-0.2, -0.15) is 0 Å². The minimum atomic E-state index is -1.24. The van der Waals surface area contributed by atoms with Gasteiger partial charge in [0.1, 0.15) is 17.7 Å². The molecular weight excluding hydrogens is 431 g/mol. The zero-order valence-electron chi connectivity index (χ0n) is 18.2. The largest absolute Gasteiger partial charge is 0.489 e. The van der Waals surface area contributed by atoms with E-state index in [1.165, 1.54) is 12.1 Å². The standard InChI is InChI=1S/C25H28ClFN2O3/c1-14(22-9-8-20(26)24(28-22)16-6-7-16)29-10-2-3-17(13-29)32-23-12-21(27)19(25(30)31)11-18(23)15-4-5-15/h8-9,11-12,14-17H,2-7,10,13H2,1H3,(H,30,31)/t14-,17?/m1/s1. The predicted molar refractivity (Wildman–Crippen MR) is 120 cm³/mol. The van der Waals surface area contributed by atoms with Crippen molar-refractivity contribution >= 4 is 17.6 Å². The van der Waals surface area contributed by atoms with Crippen LogP contribution in [-0.4, -0.2) is 40.2 Å². The Morgan fingerprint density at radius 2 is 1.97 bits per heavy atom. The van der Waals surface area contributed by atoms with E-state index < -0.39 is 11.8 Å². The summed E-state index contributed by atoms with van der Waals surface area (Å²) in [4.78, 5) is 18.6. The molecule has 1 aromatic carbocycles. The molecule has 5 rings (SSSR count). The number of halogens is 2. The average molecular weight is 459 g/mol. The minimum absolute atomic E-state index is 0.0750. The lowest BCUT2D eigenvalue weighted by Gasteiger charge is -2.37. The van der Waals surface area contributed by atoms with Gasteiger partial charge in [-0.05, 0) is 81.7 Å². The Hall–Kier alpha value is -2.18. The molecule has 5 nitrogen and oxygen atoms in total. The van der Waals surface area contributed by atoms with Crippen LogP contribution in [0.5, 0.6) is 5.75 Å². The Balaban J connectivity index is 1.32. The number of carbonyl (C=O) groups is 1. The molecule has 7 heteroatoms. The molecular formula is C25H28ClFN2O3. The summed E-state index contributed by atoms with van der Waals surface area (Å²) >= 11 is 6.36. The van der Waals surface area contributed by atoms with E-state index in [4.69, 9.17) is 21.3 Å². The van der Waals surface area contributed by atoms with Crippen molar-refractivity contribution in [2.45, 2.75) is 69.4 Å². The van der Waals surface area contributed by atoms with Crippen LogP contribution < -0.4 is 4.74 Å². The Kier molecular flexibility index (Phi) is 5.84. The fraction of sp³-hybridized carbons (Fsp3) is 0.520. The van der Waals surface area contributed by atoms with Crippen molar-refractivity contribution in [2.24, 2.45) is 0 Å².